The van der Waals surface area contributed by atoms with Crippen LogP contribution in [0.1, 0.15) is 19.4 Å². The minimum absolute atomic E-state index is 0.149. The topological polar surface area (TPSA) is 90.0 Å². The predicted octanol–water partition coefficient (Wildman–Crippen LogP) is 2.43. The third kappa shape index (κ3) is 5.41. The Morgan fingerprint density at radius 1 is 1.27 bits per heavy atom. The fourth-order valence-electron chi connectivity index (χ4n) is 2.81. The van der Waals surface area contributed by atoms with Crippen molar-refractivity contribution in [1.29, 1.82) is 0 Å². The molecule has 1 aliphatic heterocycles. The van der Waals surface area contributed by atoms with Crippen molar-refractivity contribution in [2.45, 2.75) is 26.1 Å². The maximum absolute atomic E-state index is 13.2. The molecule has 5 amide bonds. The summed E-state index contributed by atoms with van der Waals surface area (Å²) >= 11 is 5.61. The molecule has 0 bridgehead atoms. The third-order valence-electron chi connectivity index (χ3n) is 4.34. The van der Waals surface area contributed by atoms with Gasteiger partial charge in [-0.2, -0.15) is 13.2 Å². The number of nitrogens with zero attached hydrogens (tertiary/aromatic N) is 3. The number of imide groups is 1. The summed E-state index contributed by atoms with van der Waals surface area (Å²) in [6.45, 7) is 1.89. The number of alkyl halides is 3. The summed E-state index contributed by atoms with van der Waals surface area (Å²) in [6, 6.07) is 1.74. The molecule has 1 fully saturated rings. The highest BCUT2D eigenvalue weighted by Crippen LogP contribution is 2.36. The van der Waals surface area contributed by atoms with Gasteiger partial charge in [-0.1, -0.05) is 11.6 Å². The van der Waals surface area contributed by atoms with E-state index in [1.54, 1.807) is 13.8 Å². The number of urea groups is 1. The van der Waals surface area contributed by atoms with Gasteiger partial charge in [-0.25, -0.2) is 4.79 Å². The van der Waals surface area contributed by atoms with Gasteiger partial charge in [0.15, 0.2) is 0 Å². The Morgan fingerprint density at radius 3 is 2.40 bits per heavy atom. The summed E-state index contributed by atoms with van der Waals surface area (Å²) < 4.78 is 39.5. The average molecular weight is 449 g/mol. The van der Waals surface area contributed by atoms with Crippen LogP contribution in [0.5, 0.6) is 0 Å². The zero-order valence-corrected chi connectivity index (χ0v) is 17.2. The van der Waals surface area contributed by atoms with E-state index in [4.69, 9.17) is 11.6 Å². The van der Waals surface area contributed by atoms with E-state index >= 15 is 0 Å². The quantitative estimate of drug-likeness (QED) is 0.677. The summed E-state index contributed by atoms with van der Waals surface area (Å²) in [5, 5.41) is 1.99. The Balaban J connectivity index is 2.12. The third-order valence-corrected chi connectivity index (χ3v) is 4.58. The van der Waals surface area contributed by atoms with E-state index in [-0.39, 0.29) is 11.6 Å². The molecule has 1 aromatic carbocycles. The minimum atomic E-state index is -4.75. The van der Waals surface area contributed by atoms with E-state index in [0.29, 0.717) is 6.07 Å². The Morgan fingerprint density at radius 2 is 1.90 bits per heavy atom. The van der Waals surface area contributed by atoms with Gasteiger partial charge in [0.25, 0.3) is 5.91 Å². The molecule has 30 heavy (non-hydrogen) atoms. The molecule has 8 nitrogen and oxygen atoms in total. The van der Waals surface area contributed by atoms with Crippen LogP contribution in [0.3, 0.4) is 0 Å². The van der Waals surface area contributed by atoms with Crippen LogP contribution in [0.25, 0.3) is 0 Å². The van der Waals surface area contributed by atoms with E-state index in [9.17, 15) is 32.3 Å². The number of halogens is 4. The first-order chi connectivity index (χ1) is 13.8. The lowest BCUT2D eigenvalue weighted by atomic mass is 10.1. The number of carbonyl (C=O) groups is 4. The smallest absolute Gasteiger partial charge is 0.329 e. The Kier molecular flexibility index (Phi) is 6.96. The zero-order chi connectivity index (χ0) is 22.8. The van der Waals surface area contributed by atoms with Crippen molar-refractivity contribution < 1.29 is 32.3 Å². The molecule has 0 unspecified atom stereocenters. The molecule has 0 atom stereocenters. The van der Waals surface area contributed by atoms with Crippen LogP contribution < -0.4 is 5.32 Å². The van der Waals surface area contributed by atoms with Crippen molar-refractivity contribution in [2.24, 2.45) is 0 Å². The monoisotopic (exact) mass is 448 g/mol. The first kappa shape index (κ1) is 23.5. The number of carbonyl (C=O) groups excluding carboxylic acids is 4. The van der Waals surface area contributed by atoms with E-state index < -0.39 is 60.3 Å². The molecule has 1 N–H and O–H groups in total. The summed E-state index contributed by atoms with van der Waals surface area (Å²) in [6.07, 6.45) is -4.75. The van der Waals surface area contributed by atoms with Crippen LogP contribution in [0.15, 0.2) is 18.2 Å². The van der Waals surface area contributed by atoms with Gasteiger partial charge in [0.1, 0.15) is 19.6 Å². The first-order valence-electron chi connectivity index (χ1n) is 8.82. The molecule has 12 heteroatoms. The van der Waals surface area contributed by atoms with Gasteiger partial charge in [0.05, 0.1) is 11.3 Å². The van der Waals surface area contributed by atoms with Crippen LogP contribution in [0, 0.1) is 0 Å². The van der Waals surface area contributed by atoms with Crippen LogP contribution in [0.2, 0.25) is 5.02 Å². The lowest BCUT2D eigenvalue weighted by molar-refractivity contribution is -0.139. The number of rotatable bonds is 6. The van der Waals surface area contributed by atoms with Crippen LogP contribution in [-0.4, -0.2) is 71.2 Å². The summed E-state index contributed by atoms with van der Waals surface area (Å²) in [7, 11) is 1.41. The van der Waals surface area contributed by atoms with E-state index in [2.05, 4.69) is 5.32 Å². The van der Waals surface area contributed by atoms with Crippen LogP contribution >= 0.6 is 11.6 Å². The average Bonchev–Trinajstić information content (AvgIpc) is 2.86. The Labute approximate surface area is 175 Å². The summed E-state index contributed by atoms with van der Waals surface area (Å²) in [4.78, 5) is 51.7. The van der Waals surface area contributed by atoms with Crippen molar-refractivity contribution in [3.8, 4) is 0 Å². The van der Waals surface area contributed by atoms with Crippen molar-refractivity contribution in [2.75, 3.05) is 32.0 Å². The second-order valence-corrected chi connectivity index (χ2v) is 7.41. The standard InChI is InChI=1S/C18H20ClF3N4O4/c1-10(2)25(16(29)9-26-15(28)8-24(3)17(26)30)7-14(27)23-13-5-4-11(19)6-12(13)18(20,21)22/h4-6,10H,7-9H2,1-3H3,(H,23,27). The highest BCUT2D eigenvalue weighted by molar-refractivity contribution is 6.30. The Hall–Kier alpha value is -2.82. The number of hydrogen-bond donors (Lipinski definition) is 1. The fourth-order valence-corrected chi connectivity index (χ4v) is 2.99. The van der Waals surface area contributed by atoms with Gasteiger partial charge >= 0.3 is 12.2 Å². The largest absolute Gasteiger partial charge is 0.418 e. The number of nitrogens with one attached hydrogen (secondary N) is 1. The van der Waals surface area contributed by atoms with Gasteiger partial charge in [0.2, 0.25) is 11.8 Å². The fraction of sp³-hybridized carbons (Fsp3) is 0.444. The summed E-state index contributed by atoms with van der Waals surface area (Å²) in [5.41, 5.74) is -1.62. The van der Waals surface area contributed by atoms with Crippen molar-refractivity contribution in [3.05, 3.63) is 28.8 Å². The van der Waals surface area contributed by atoms with Gasteiger partial charge in [-0.15, -0.1) is 0 Å². The lowest BCUT2D eigenvalue weighted by Gasteiger charge is -2.28. The molecule has 1 saturated heterocycles. The second kappa shape index (κ2) is 8.90. The Bertz CT molecular complexity index is 875. The number of anilines is 1. The molecule has 0 aliphatic carbocycles. The van der Waals surface area contributed by atoms with Crippen molar-refractivity contribution >= 4 is 41.0 Å². The highest BCUT2D eigenvalue weighted by atomic mass is 35.5. The molecule has 0 radical (unpaired) electrons. The molecule has 1 aliphatic rings. The molecule has 1 aromatic rings. The molecule has 164 valence electrons. The van der Waals surface area contributed by atoms with Gasteiger partial charge in [-0.3, -0.25) is 19.3 Å². The number of hydrogen-bond acceptors (Lipinski definition) is 4. The zero-order valence-electron chi connectivity index (χ0n) is 16.4. The molecule has 0 spiro atoms. The van der Waals surface area contributed by atoms with E-state index in [1.165, 1.54) is 13.1 Å². The number of likely N-dealkylation sites (N-methyl/N-ethyl adjacent to an activating group) is 1. The minimum Gasteiger partial charge on any atom is -0.329 e. The first-order valence-corrected chi connectivity index (χ1v) is 9.20. The van der Waals surface area contributed by atoms with Gasteiger partial charge in [0, 0.05) is 18.1 Å². The molecular weight excluding hydrogens is 429 g/mol. The lowest BCUT2D eigenvalue weighted by Crippen LogP contribution is -2.48. The molecule has 2 rings (SSSR count). The molecular formula is C18H20ClF3N4O4. The predicted molar refractivity (Wildman–Crippen MR) is 102 cm³/mol. The van der Waals surface area contributed by atoms with Crippen molar-refractivity contribution in [1.82, 2.24) is 14.7 Å². The highest BCUT2D eigenvalue weighted by Gasteiger charge is 2.37. The van der Waals surface area contributed by atoms with Gasteiger partial charge in [-0.05, 0) is 32.0 Å². The summed E-state index contributed by atoms with van der Waals surface area (Å²) in [5.74, 6) is -2.12. The molecule has 0 aromatic heterocycles. The van der Waals surface area contributed by atoms with E-state index in [0.717, 1.165) is 20.8 Å². The van der Waals surface area contributed by atoms with E-state index in [1.807, 2.05) is 0 Å². The normalized spacial score (nSPS) is 14.5. The molecule has 0 saturated carbocycles. The maximum atomic E-state index is 13.2. The molecule has 1 heterocycles. The number of benzene rings is 1. The van der Waals surface area contributed by atoms with Gasteiger partial charge < -0.3 is 15.1 Å². The van der Waals surface area contributed by atoms with Crippen LogP contribution in [-0.2, 0) is 20.6 Å². The number of amides is 5. The maximum Gasteiger partial charge on any atom is 0.418 e. The SMILES string of the molecule is CC(C)N(CC(=O)Nc1ccc(Cl)cc1C(F)(F)F)C(=O)CN1C(=O)CN(C)C1=O. The second-order valence-electron chi connectivity index (χ2n) is 6.97. The van der Waals surface area contributed by atoms with Crippen LogP contribution in [0.4, 0.5) is 23.7 Å². The van der Waals surface area contributed by atoms with Crippen molar-refractivity contribution in [3.63, 3.8) is 0 Å².